The van der Waals surface area contributed by atoms with Crippen LogP contribution >= 0.6 is 0 Å². The van der Waals surface area contributed by atoms with Crippen molar-refractivity contribution in [1.29, 1.82) is 0 Å². The summed E-state index contributed by atoms with van der Waals surface area (Å²) in [7, 11) is 0. The molecule has 2 aromatic carbocycles. The number of likely N-dealkylation sites (tertiary alicyclic amines) is 1. The molecule has 4 rings (SSSR count). The van der Waals surface area contributed by atoms with Crippen LogP contribution in [0.1, 0.15) is 48.9 Å². The van der Waals surface area contributed by atoms with Crippen LogP contribution in [0.3, 0.4) is 0 Å². The lowest BCUT2D eigenvalue weighted by Gasteiger charge is -2.35. The van der Waals surface area contributed by atoms with E-state index in [0.29, 0.717) is 32.5 Å². The number of benzene rings is 2. The monoisotopic (exact) mass is 379 g/mol. The summed E-state index contributed by atoms with van der Waals surface area (Å²) in [5.41, 5.74) is 6.49. The maximum Gasteiger partial charge on any atom is 0.254 e. The number of hydrogen-bond acceptors (Lipinski definition) is 3. The first kappa shape index (κ1) is 18.9. The van der Waals surface area contributed by atoms with Gasteiger partial charge in [0, 0.05) is 31.1 Å². The zero-order chi connectivity index (χ0) is 19.6. The van der Waals surface area contributed by atoms with E-state index in [1.54, 1.807) is 0 Å². The first-order valence-electron chi connectivity index (χ1n) is 10.4. The molecular formula is C23H29N3O2. The van der Waals surface area contributed by atoms with Crippen molar-refractivity contribution in [3.05, 3.63) is 48.0 Å². The predicted octanol–water partition coefficient (Wildman–Crippen LogP) is 3.08. The SMILES string of the molecule is NCC1(NC(=O)C2CCN(C(=O)c3cccc4ccccc34)CC2)CCCC1. The lowest BCUT2D eigenvalue weighted by Crippen LogP contribution is -2.54. The zero-order valence-electron chi connectivity index (χ0n) is 16.3. The number of nitrogens with one attached hydrogen (secondary N) is 1. The average Bonchev–Trinajstić information content (AvgIpc) is 3.22. The summed E-state index contributed by atoms with van der Waals surface area (Å²) < 4.78 is 0. The van der Waals surface area contributed by atoms with Crippen molar-refractivity contribution >= 4 is 22.6 Å². The number of amides is 2. The maximum absolute atomic E-state index is 13.1. The molecule has 0 spiro atoms. The third kappa shape index (κ3) is 3.63. The summed E-state index contributed by atoms with van der Waals surface area (Å²) in [5, 5.41) is 5.31. The number of fused-ring (bicyclic) bond motifs is 1. The van der Waals surface area contributed by atoms with Crippen LogP contribution in [0.15, 0.2) is 42.5 Å². The number of rotatable bonds is 4. The molecule has 2 fully saturated rings. The van der Waals surface area contributed by atoms with E-state index in [-0.39, 0.29) is 23.3 Å². The molecule has 0 bridgehead atoms. The molecule has 1 heterocycles. The molecule has 0 aromatic heterocycles. The second-order valence-electron chi connectivity index (χ2n) is 8.27. The summed E-state index contributed by atoms with van der Waals surface area (Å²) in [6.45, 7) is 1.75. The number of hydrogen-bond donors (Lipinski definition) is 2. The summed E-state index contributed by atoms with van der Waals surface area (Å²) in [6, 6.07) is 13.8. The van der Waals surface area contributed by atoms with Gasteiger partial charge in [0.25, 0.3) is 5.91 Å². The summed E-state index contributed by atoms with van der Waals surface area (Å²) >= 11 is 0. The molecule has 1 aliphatic carbocycles. The Morgan fingerprint density at radius 3 is 2.43 bits per heavy atom. The number of nitrogens with zero attached hydrogens (tertiary/aromatic N) is 1. The Balaban J connectivity index is 1.40. The van der Waals surface area contributed by atoms with Gasteiger partial charge < -0.3 is 16.0 Å². The maximum atomic E-state index is 13.1. The standard InChI is InChI=1S/C23H29N3O2/c24-16-23(12-3-4-13-23)25-21(27)18-10-14-26(15-11-18)22(28)20-9-5-7-17-6-1-2-8-19(17)20/h1-2,5-9,18H,3-4,10-16,24H2,(H,25,27). The molecule has 2 aromatic rings. The van der Waals surface area contributed by atoms with Crippen LogP contribution in [0.25, 0.3) is 10.8 Å². The Labute approximate surface area is 166 Å². The van der Waals surface area contributed by atoms with Gasteiger partial charge in [-0.25, -0.2) is 0 Å². The topological polar surface area (TPSA) is 75.4 Å². The largest absolute Gasteiger partial charge is 0.349 e. The number of carbonyl (C=O) groups excluding carboxylic acids is 2. The average molecular weight is 380 g/mol. The van der Waals surface area contributed by atoms with Crippen molar-refractivity contribution in [2.75, 3.05) is 19.6 Å². The molecule has 0 unspecified atom stereocenters. The molecular weight excluding hydrogens is 350 g/mol. The summed E-state index contributed by atoms with van der Waals surface area (Å²) in [6.07, 6.45) is 5.65. The fourth-order valence-corrected chi connectivity index (χ4v) is 4.72. The quantitative estimate of drug-likeness (QED) is 0.857. The van der Waals surface area contributed by atoms with E-state index in [4.69, 9.17) is 5.73 Å². The lowest BCUT2D eigenvalue weighted by atomic mass is 9.91. The number of carbonyl (C=O) groups is 2. The molecule has 2 amide bonds. The second kappa shape index (κ2) is 7.92. The van der Waals surface area contributed by atoms with Crippen molar-refractivity contribution in [1.82, 2.24) is 10.2 Å². The number of nitrogens with two attached hydrogens (primary N) is 1. The highest BCUT2D eigenvalue weighted by atomic mass is 16.2. The van der Waals surface area contributed by atoms with Crippen LogP contribution in [-0.2, 0) is 4.79 Å². The van der Waals surface area contributed by atoms with E-state index in [9.17, 15) is 9.59 Å². The van der Waals surface area contributed by atoms with Crippen LogP contribution in [0.5, 0.6) is 0 Å². The smallest absolute Gasteiger partial charge is 0.254 e. The molecule has 3 N–H and O–H groups in total. The van der Waals surface area contributed by atoms with Crippen molar-refractivity contribution in [2.45, 2.75) is 44.1 Å². The lowest BCUT2D eigenvalue weighted by molar-refractivity contribution is -0.128. The van der Waals surface area contributed by atoms with E-state index < -0.39 is 0 Å². The normalized spacial score (nSPS) is 19.7. The van der Waals surface area contributed by atoms with Crippen LogP contribution < -0.4 is 11.1 Å². The van der Waals surface area contributed by atoms with Gasteiger partial charge in [-0.15, -0.1) is 0 Å². The van der Waals surface area contributed by atoms with E-state index in [1.807, 2.05) is 47.4 Å². The van der Waals surface area contributed by atoms with Crippen LogP contribution in [0.2, 0.25) is 0 Å². The minimum absolute atomic E-state index is 0.0272. The third-order valence-electron chi connectivity index (χ3n) is 6.51. The van der Waals surface area contributed by atoms with Crippen molar-refractivity contribution < 1.29 is 9.59 Å². The van der Waals surface area contributed by atoms with E-state index in [1.165, 1.54) is 0 Å². The van der Waals surface area contributed by atoms with Crippen LogP contribution in [0, 0.1) is 5.92 Å². The Morgan fingerprint density at radius 2 is 1.71 bits per heavy atom. The Bertz CT molecular complexity index is 860. The van der Waals surface area contributed by atoms with Crippen molar-refractivity contribution in [3.8, 4) is 0 Å². The molecule has 148 valence electrons. The van der Waals surface area contributed by atoms with Gasteiger partial charge in [0.15, 0.2) is 0 Å². The predicted molar refractivity (Wildman–Crippen MR) is 111 cm³/mol. The number of piperidine rings is 1. The molecule has 5 nitrogen and oxygen atoms in total. The Hall–Kier alpha value is -2.40. The summed E-state index contributed by atoms with van der Waals surface area (Å²) in [4.78, 5) is 27.7. The van der Waals surface area contributed by atoms with Gasteiger partial charge >= 0.3 is 0 Å². The highest BCUT2D eigenvalue weighted by Crippen LogP contribution is 2.30. The van der Waals surface area contributed by atoms with Gasteiger partial charge in [-0.3, -0.25) is 9.59 Å². The molecule has 0 radical (unpaired) electrons. The Morgan fingerprint density at radius 1 is 1.04 bits per heavy atom. The molecule has 1 aliphatic heterocycles. The third-order valence-corrected chi connectivity index (χ3v) is 6.51. The van der Waals surface area contributed by atoms with E-state index in [2.05, 4.69) is 5.32 Å². The van der Waals surface area contributed by atoms with Gasteiger partial charge in [0.05, 0.1) is 5.54 Å². The van der Waals surface area contributed by atoms with Gasteiger partial charge in [0.1, 0.15) is 0 Å². The van der Waals surface area contributed by atoms with Gasteiger partial charge in [-0.1, -0.05) is 49.2 Å². The van der Waals surface area contributed by atoms with Gasteiger partial charge in [0.2, 0.25) is 5.91 Å². The molecule has 2 aliphatic rings. The summed E-state index contributed by atoms with van der Waals surface area (Å²) in [5.74, 6) is 0.148. The second-order valence-corrected chi connectivity index (χ2v) is 8.27. The highest BCUT2D eigenvalue weighted by molar-refractivity contribution is 6.07. The van der Waals surface area contributed by atoms with E-state index >= 15 is 0 Å². The first-order chi connectivity index (χ1) is 13.6. The van der Waals surface area contributed by atoms with Crippen molar-refractivity contribution in [2.24, 2.45) is 11.7 Å². The zero-order valence-corrected chi connectivity index (χ0v) is 16.3. The van der Waals surface area contributed by atoms with Crippen LogP contribution in [0.4, 0.5) is 0 Å². The highest BCUT2D eigenvalue weighted by Gasteiger charge is 2.36. The van der Waals surface area contributed by atoms with Crippen molar-refractivity contribution in [3.63, 3.8) is 0 Å². The minimum Gasteiger partial charge on any atom is -0.349 e. The molecule has 5 heteroatoms. The van der Waals surface area contributed by atoms with Gasteiger partial charge in [-0.05, 0) is 42.5 Å². The van der Waals surface area contributed by atoms with E-state index in [0.717, 1.165) is 42.0 Å². The van der Waals surface area contributed by atoms with Crippen LogP contribution in [-0.4, -0.2) is 41.9 Å². The molecule has 28 heavy (non-hydrogen) atoms. The first-order valence-corrected chi connectivity index (χ1v) is 10.4. The molecule has 1 saturated heterocycles. The fraction of sp³-hybridized carbons (Fsp3) is 0.478. The molecule has 1 saturated carbocycles. The Kier molecular flexibility index (Phi) is 5.36. The molecule has 0 atom stereocenters. The fourth-order valence-electron chi connectivity index (χ4n) is 4.72. The minimum atomic E-state index is -0.201. The van der Waals surface area contributed by atoms with Gasteiger partial charge in [-0.2, -0.15) is 0 Å².